The van der Waals surface area contributed by atoms with Gasteiger partial charge in [-0.2, -0.15) is 0 Å². The molecule has 3 N–H and O–H groups in total. The van der Waals surface area contributed by atoms with Gasteiger partial charge in [-0.15, -0.1) is 0 Å². The number of nitrogens with one attached hydrogen (secondary N) is 1. The van der Waals surface area contributed by atoms with Crippen molar-refractivity contribution in [2.75, 3.05) is 12.3 Å². The van der Waals surface area contributed by atoms with Crippen LogP contribution in [0.2, 0.25) is 0 Å². The van der Waals surface area contributed by atoms with E-state index in [1.807, 2.05) is 4.57 Å². The molecule has 1 atom stereocenters. The third-order valence-electron chi connectivity index (χ3n) is 4.24. The molecular formula is C14H21N3O2S2. The molecule has 1 aromatic rings. The zero-order chi connectivity index (χ0) is 14.8. The minimum Gasteiger partial charge on any atom is -0.384 e. The number of carbonyl (C=O) groups excluding carboxylic acids is 1. The van der Waals surface area contributed by atoms with Crippen molar-refractivity contribution in [1.29, 1.82) is 0 Å². The highest BCUT2D eigenvalue weighted by atomic mass is 32.1. The lowest BCUT2D eigenvalue weighted by Gasteiger charge is -2.13. The topological polar surface area (TPSA) is 69.3 Å². The van der Waals surface area contributed by atoms with E-state index in [9.17, 15) is 4.79 Å². The Balaban J connectivity index is 1.73. The second-order valence-corrected chi connectivity index (χ2v) is 7.43. The quantitative estimate of drug-likeness (QED) is 0.834. The summed E-state index contributed by atoms with van der Waals surface area (Å²) >= 11 is 6.66. The smallest absolute Gasteiger partial charge is 0.265 e. The third kappa shape index (κ3) is 3.30. The van der Waals surface area contributed by atoms with Gasteiger partial charge < -0.3 is 20.4 Å². The predicted octanol–water partition coefficient (Wildman–Crippen LogP) is 2.71. The lowest BCUT2D eigenvalue weighted by molar-refractivity contribution is 0.0935. The average Bonchev–Trinajstić information content (AvgIpc) is 3.17. The standard InChI is InChI=1S/C14H21N3O2S2/c15-12-11(13(18)16-9-4-1-2-5-9)21-14(20)17(12)8-10-6-3-7-19-10/h9-10H,1-8,15H2,(H,16,18)/t10-/m1/s1. The van der Waals surface area contributed by atoms with E-state index in [0.717, 1.165) is 32.3 Å². The third-order valence-corrected chi connectivity index (χ3v) is 5.70. The van der Waals surface area contributed by atoms with Gasteiger partial charge in [0.2, 0.25) is 0 Å². The van der Waals surface area contributed by atoms with Crippen LogP contribution in [0.4, 0.5) is 5.82 Å². The molecule has 1 amide bonds. The summed E-state index contributed by atoms with van der Waals surface area (Å²) in [5, 5.41) is 3.07. The number of carbonyl (C=O) groups is 1. The molecule has 7 heteroatoms. The average molecular weight is 327 g/mol. The zero-order valence-electron chi connectivity index (χ0n) is 12.0. The molecule has 2 heterocycles. The van der Waals surface area contributed by atoms with Crippen LogP contribution in [0.5, 0.6) is 0 Å². The summed E-state index contributed by atoms with van der Waals surface area (Å²) < 4.78 is 8.12. The van der Waals surface area contributed by atoms with E-state index in [-0.39, 0.29) is 12.0 Å². The van der Waals surface area contributed by atoms with Gasteiger partial charge in [0, 0.05) is 12.6 Å². The van der Waals surface area contributed by atoms with E-state index < -0.39 is 0 Å². The van der Waals surface area contributed by atoms with Crippen molar-refractivity contribution >= 4 is 35.3 Å². The Morgan fingerprint density at radius 1 is 1.38 bits per heavy atom. The van der Waals surface area contributed by atoms with Gasteiger partial charge in [-0.05, 0) is 37.9 Å². The highest BCUT2D eigenvalue weighted by Gasteiger charge is 2.24. The van der Waals surface area contributed by atoms with Crippen molar-refractivity contribution in [1.82, 2.24) is 9.88 Å². The summed E-state index contributed by atoms with van der Waals surface area (Å²) in [5.41, 5.74) is 6.15. The van der Waals surface area contributed by atoms with Crippen molar-refractivity contribution in [2.24, 2.45) is 0 Å². The van der Waals surface area contributed by atoms with Gasteiger partial charge in [0.05, 0.1) is 12.6 Å². The van der Waals surface area contributed by atoms with Crippen molar-refractivity contribution in [3.63, 3.8) is 0 Å². The minimum absolute atomic E-state index is 0.0819. The monoisotopic (exact) mass is 327 g/mol. The van der Waals surface area contributed by atoms with Crippen LogP contribution in [0.25, 0.3) is 0 Å². The number of nitrogens with two attached hydrogens (primary N) is 1. The van der Waals surface area contributed by atoms with Crippen LogP contribution in [-0.2, 0) is 11.3 Å². The summed E-state index contributed by atoms with van der Waals surface area (Å²) in [4.78, 5) is 12.9. The van der Waals surface area contributed by atoms with E-state index in [1.165, 1.54) is 24.2 Å². The maximum absolute atomic E-state index is 12.4. The summed E-state index contributed by atoms with van der Waals surface area (Å²) in [6.07, 6.45) is 6.78. The van der Waals surface area contributed by atoms with E-state index in [1.54, 1.807) is 0 Å². The largest absolute Gasteiger partial charge is 0.384 e. The van der Waals surface area contributed by atoms with Crippen LogP contribution in [-0.4, -0.2) is 29.2 Å². The molecule has 1 saturated carbocycles. The second-order valence-electron chi connectivity index (χ2n) is 5.78. The Bertz CT molecular complexity index is 569. The van der Waals surface area contributed by atoms with Gasteiger partial charge in [-0.3, -0.25) is 4.79 Å². The van der Waals surface area contributed by atoms with Crippen molar-refractivity contribution in [3.05, 3.63) is 8.83 Å². The minimum atomic E-state index is -0.0819. The molecule has 2 fully saturated rings. The van der Waals surface area contributed by atoms with Gasteiger partial charge in [0.15, 0.2) is 3.95 Å². The number of anilines is 1. The van der Waals surface area contributed by atoms with Crippen LogP contribution < -0.4 is 11.1 Å². The summed E-state index contributed by atoms with van der Waals surface area (Å²) in [5.74, 6) is 0.401. The second kappa shape index (κ2) is 6.46. The molecular weight excluding hydrogens is 306 g/mol. The molecule has 1 saturated heterocycles. The lowest BCUT2D eigenvalue weighted by atomic mass is 10.2. The fourth-order valence-electron chi connectivity index (χ4n) is 3.06. The number of thiazole rings is 1. The number of ether oxygens (including phenoxy) is 1. The van der Waals surface area contributed by atoms with Crippen molar-refractivity contribution in [2.45, 2.75) is 57.2 Å². The molecule has 3 rings (SSSR count). The van der Waals surface area contributed by atoms with Crippen molar-refractivity contribution < 1.29 is 9.53 Å². The Morgan fingerprint density at radius 3 is 2.81 bits per heavy atom. The first kappa shape index (κ1) is 15.0. The van der Waals surface area contributed by atoms with E-state index in [4.69, 9.17) is 22.7 Å². The predicted molar refractivity (Wildman–Crippen MR) is 86.3 cm³/mol. The Labute approximate surface area is 133 Å². The number of hydrogen-bond acceptors (Lipinski definition) is 5. The highest BCUT2D eigenvalue weighted by molar-refractivity contribution is 7.73. The van der Waals surface area contributed by atoms with E-state index in [2.05, 4.69) is 5.32 Å². The summed E-state index contributed by atoms with van der Waals surface area (Å²) in [7, 11) is 0. The number of hydrogen-bond donors (Lipinski definition) is 2. The van der Waals surface area contributed by atoms with Crippen LogP contribution in [0.3, 0.4) is 0 Å². The SMILES string of the molecule is Nc1c(C(=O)NC2CCCC2)sc(=S)n1C[C@H]1CCCO1. The fraction of sp³-hybridized carbons (Fsp3) is 0.714. The number of rotatable bonds is 4. The van der Waals surface area contributed by atoms with Crippen LogP contribution in [0.1, 0.15) is 48.2 Å². The summed E-state index contributed by atoms with van der Waals surface area (Å²) in [6, 6.07) is 0.291. The molecule has 116 valence electrons. The Kier molecular flexibility index (Phi) is 4.61. The van der Waals surface area contributed by atoms with Crippen LogP contribution in [0, 0.1) is 3.95 Å². The molecule has 0 unspecified atom stereocenters. The molecule has 0 bridgehead atoms. The molecule has 0 radical (unpaired) electrons. The number of aromatic nitrogens is 1. The highest BCUT2D eigenvalue weighted by Crippen LogP contribution is 2.26. The van der Waals surface area contributed by atoms with E-state index in [0.29, 0.717) is 27.2 Å². The Hall–Kier alpha value is -0.920. The van der Waals surface area contributed by atoms with Gasteiger partial charge in [0.25, 0.3) is 5.91 Å². The number of nitrogen functional groups attached to an aromatic ring is 1. The molecule has 5 nitrogen and oxygen atoms in total. The molecule has 0 spiro atoms. The first-order valence-electron chi connectivity index (χ1n) is 7.56. The molecule has 0 aromatic carbocycles. The van der Waals surface area contributed by atoms with Crippen LogP contribution in [0.15, 0.2) is 0 Å². The normalized spacial score (nSPS) is 22.8. The molecule has 2 aliphatic rings. The molecule has 21 heavy (non-hydrogen) atoms. The van der Waals surface area contributed by atoms with Gasteiger partial charge in [-0.1, -0.05) is 24.2 Å². The van der Waals surface area contributed by atoms with Gasteiger partial charge in [-0.25, -0.2) is 0 Å². The van der Waals surface area contributed by atoms with Gasteiger partial charge >= 0.3 is 0 Å². The number of nitrogens with zero attached hydrogens (tertiary/aromatic N) is 1. The molecule has 1 aromatic heterocycles. The summed E-state index contributed by atoms with van der Waals surface area (Å²) in [6.45, 7) is 1.45. The number of amides is 1. The van der Waals surface area contributed by atoms with E-state index >= 15 is 0 Å². The first-order chi connectivity index (χ1) is 10.1. The first-order valence-corrected chi connectivity index (χ1v) is 8.79. The maximum Gasteiger partial charge on any atom is 0.265 e. The Morgan fingerprint density at radius 2 is 2.14 bits per heavy atom. The van der Waals surface area contributed by atoms with Gasteiger partial charge in [0.1, 0.15) is 10.7 Å². The molecule has 1 aliphatic heterocycles. The molecule has 1 aliphatic carbocycles. The van der Waals surface area contributed by atoms with Crippen LogP contribution >= 0.6 is 23.6 Å². The lowest BCUT2D eigenvalue weighted by Crippen LogP contribution is -2.32. The fourth-order valence-corrected chi connectivity index (χ4v) is 4.31. The van der Waals surface area contributed by atoms with Crippen molar-refractivity contribution in [3.8, 4) is 0 Å². The zero-order valence-corrected chi connectivity index (χ0v) is 13.6. The maximum atomic E-state index is 12.4.